The molecule has 1 aliphatic rings. The lowest BCUT2D eigenvalue weighted by molar-refractivity contribution is 0.173. The molecule has 3 N–H and O–H groups in total. The highest BCUT2D eigenvalue weighted by Crippen LogP contribution is 2.31. The molecule has 0 aliphatic carbocycles. The van der Waals surface area contributed by atoms with E-state index in [2.05, 4.69) is 37.3 Å². The molecule has 7 nitrogen and oxygen atoms in total. The molecule has 5 rings (SSSR count). The average molecular weight is 508 g/mol. The third kappa shape index (κ3) is 4.82. The summed E-state index contributed by atoms with van der Waals surface area (Å²) in [5, 5.41) is 28.1. The van der Waals surface area contributed by atoms with Crippen LogP contribution in [0, 0.1) is 5.92 Å². The smallest absolute Gasteiger partial charge is 0.172 e. The van der Waals surface area contributed by atoms with E-state index in [1.165, 1.54) is 0 Å². The molecule has 0 bridgehead atoms. The highest BCUT2D eigenvalue weighted by atomic mass is 79.9. The SMILES string of the molecule is Oc1cccc(CN2CCCC(CNc3cc(-c4ccccc4O)nc4c(Br)cnn34)C2)c1. The zero-order valence-corrected chi connectivity index (χ0v) is 19.7. The van der Waals surface area contributed by atoms with Crippen LogP contribution >= 0.6 is 15.9 Å². The van der Waals surface area contributed by atoms with Gasteiger partial charge in [-0.2, -0.15) is 9.61 Å². The van der Waals surface area contributed by atoms with Crippen molar-refractivity contribution in [3.8, 4) is 22.8 Å². The third-order valence-corrected chi connectivity index (χ3v) is 6.66. The van der Waals surface area contributed by atoms with Gasteiger partial charge in [0.25, 0.3) is 0 Å². The predicted molar refractivity (Wildman–Crippen MR) is 132 cm³/mol. The minimum atomic E-state index is 0.200. The number of anilines is 1. The van der Waals surface area contributed by atoms with Gasteiger partial charge >= 0.3 is 0 Å². The summed E-state index contributed by atoms with van der Waals surface area (Å²) in [6.45, 7) is 3.71. The van der Waals surface area contributed by atoms with Gasteiger partial charge in [-0.1, -0.05) is 24.3 Å². The van der Waals surface area contributed by atoms with Gasteiger partial charge in [0, 0.05) is 31.3 Å². The summed E-state index contributed by atoms with van der Waals surface area (Å²) in [5.74, 6) is 1.85. The van der Waals surface area contributed by atoms with Crippen LogP contribution in [-0.2, 0) is 6.54 Å². The van der Waals surface area contributed by atoms with Gasteiger partial charge < -0.3 is 15.5 Å². The van der Waals surface area contributed by atoms with E-state index in [9.17, 15) is 10.2 Å². The molecule has 0 radical (unpaired) electrons. The minimum absolute atomic E-state index is 0.200. The Morgan fingerprint density at radius 2 is 1.97 bits per heavy atom. The molecule has 0 spiro atoms. The van der Waals surface area contributed by atoms with Gasteiger partial charge in [0.1, 0.15) is 17.3 Å². The van der Waals surface area contributed by atoms with Crippen molar-refractivity contribution in [3.63, 3.8) is 0 Å². The first kappa shape index (κ1) is 21.7. The van der Waals surface area contributed by atoms with E-state index in [-0.39, 0.29) is 5.75 Å². The predicted octanol–water partition coefficient (Wildman–Crippen LogP) is 4.89. The number of rotatable bonds is 6. The van der Waals surface area contributed by atoms with E-state index >= 15 is 0 Å². The number of aromatic hydroxyl groups is 2. The molecule has 2 aromatic heterocycles. The number of aromatic nitrogens is 3. The van der Waals surface area contributed by atoms with E-state index < -0.39 is 0 Å². The normalized spacial score (nSPS) is 16.8. The second kappa shape index (κ2) is 9.41. The first-order chi connectivity index (χ1) is 16.1. The van der Waals surface area contributed by atoms with Crippen LogP contribution in [0.1, 0.15) is 18.4 Å². The van der Waals surface area contributed by atoms with Gasteiger partial charge in [0.2, 0.25) is 0 Å². The number of fused-ring (bicyclic) bond motifs is 1. The Bertz CT molecular complexity index is 1270. The second-order valence-corrected chi connectivity index (χ2v) is 9.42. The zero-order chi connectivity index (χ0) is 22.8. The fraction of sp³-hybridized carbons (Fsp3) is 0.280. The number of benzene rings is 2. The molecular weight excluding hydrogens is 482 g/mol. The molecule has 33 heavy (non-hydrogen) atoms. The fourth-order valence-corrected chi connectivity index (χ4v) is 4.86. The summed E-state index contributed by atoms with van der Waals surface area (Å²) in [6.07, 6.45) is 4.04. The molecule has 2 aromatic carbocycles. The van der Waals surface area contributed by atoms with Crippen molar-refractivity contribution >= 4 is 27.4 Å². The van der Waals surface area contributed by atoms with Crippen LogP contribution in [0.25, 0.3) is 16.9 Å². The number of hydrogen-bond acceptors (Lipinski definition) is 6. The largest absolute Gasteiger partial charge is 0.508 e. The maximum atomic E-state index is 10.3. The Labute approximate surface area is 200 Å². The number of piperidine rings is 1. The van der Waals surface area contributed by atoms with Gasteiger partial charge in [-0.05, 0) is 71.1 Å². The van der Waals surface area contributed by atoms with Crippen LogP contribution in [0.3, 0.4) is 0 Å². The van der Waals surface area contributed by atoms with Crippen LogP contribution in [0.4, 0.5) is 5.82 Å². The molecule has 1 atom stereocenters. The van der Waals surface area contributed by atoms with Crippen LogP contribution in [0.5, 0.6) is 11.5 Å². The number of phenols is 2. The van der Waals surface area contributed by atoms with Crippen molar-refractivity contribution in [1.82, 2.24) is 19.5 Å². The minimum Gasteiger partial charge on any atom is -0.508 e. The fourth-order valence-electron chi connectivity index (χ4n) is 4.51. The summed E-state index contributed by atoms with van der Waals surface area (Å²) >= 11 is 3.54. The van der Waals surface area contributed by atoms with Crippen molar-refractivity contribution in [2.45, 2.75) is 19.4 Å². The standard InChI is InChI=1S/C25H26BrN5O2/c26-21-14-28-31-24(12-22(29-25(21)31)20-8-1-2-9-23(20)33)27-13-18-6-4-10-30(16-18)15-17-5-3-7-19(32)11-17/h1-3,5,7-9,11-12,14,18,27,32-33H,4,6,10,13,15-16H2. The van der Waals surface area contributed by atoms with Crippen molar-refractivity contribution in [1.29, 1.82) is 0 Å². The maximum absolute atomic E-state index is 10.3. The third-order valence-electron chi connectivity index (χ3n) is 6.10. The first-order valence-corrected chi connectivity index (χ1v) is 11.9. The van der Waals surface area contributed by atoms with Gasteiger partial charge in [-0.3, -0.25) is 4.90 Å². The van der Waals surface area contributed by atoms with Crippen molar-refractivity contribution in [2.24, 2.45) is 5.92 Å². The molecule has 4 aromatic rings. The number of phenolic OH excluding ortho intramolecular Hbond substituents is 2. The van der Waals surface area contributed by atoms with Gasteiger partial charge in [0.15, 0.2) is 5.65 Å². The van der Waals surface area contributed by atoms with E-state index in [0.29, 0.717) is 28.6 Å². The number of likely N-dealkylation sites (tertiary alicyclic amines) is 1. The van der Waals surface area contributed by atoms with Crippen molar-refractivity contribution in [2.75, 3.05) is 25.0 Å². The topological polar surface area (TPSA) is 85.9 Å². The number of hydrogen-bond donors (Lipinski definition) is 3. The maximum Gasteiger partial charge on any atom is 0.172 e. The van der Waals surface area contributed by atoms with E-state index in [1.54, 1.807) is 28.9 Å². The Morgan fingerprint density at radius 3 is 2.82 bits per heavy atom. The summed E-state index contributed by atoms with van der Waals surface area (Å²) in [5.41, 5.74) is 3.21. The quantitative estimate of drug-likeness (QED) is 0.344. The lowest BCUT2D eigenvalue weighted by Crippen LogP contribution is -2.37. The molecule has 0 saturated carbocycles. The highest BCUT2D eigenvalue weighted by molar-refractivity contribution is 9.10. The number of para-hydroxylation sites is 1. The number of halogens is 1. The highest BCUT2D eigenvalue weighted by Gasteiger charge is 2.21. The summed E-state index contributed by atoms with van der Waals surface area (Å²) in [4.78, 5) is 7.16. The Hall–Kier alpha value is -3.10. The molecule has 8 heteroatoms. The van der Waals surface area contributed by atoms with Crippen LogP contribution in [-0.4, -0.2) is 49.3 Å². The molecule has 1 aliphatic heterocycles. The van der Waals surface area contributed by atoms with E-state index in [0.717, 1.165) is 54.9 Å². The summed E-state index contributed by atoms with van der Waals surface area (Å²) < 4.78 is 2.60. The van der Waals surface area contributed by atoms with Crippen LogP contribution in [0.15, 0.2) is 65.3 Å². The first-order valence-electron chi connectivity index (χ1n) is 11.1. The zero-order valence-electron chi connectivity index (χ0n) is 18.2. The lowest BCUT2D eigenvalue weighted by Gasteiger charge is -2.33. The molecule has 3 heterocycles. The molecule has 1 fully saturated rings. The van der Waals surface area contributed by atoms with Crippen LogP contribution in [0.2, 0.25) is 0 Å². The molecule has 1 unspecified atom stereocenters. The Balaban J connectivity index is 1.33. The lowest BCUT2D eigenvalue weighted by atomic mass is 9.97. The summed E-state index contributed by atoms with van der Waals surface area (Å²) in [6, 6.07) is 16.7. The Kier molecular flexibility index (Phi) is 6.20. The second-order valence-electron chi connectivity index (χ2n) is 8.57. The monoisotopic (exact) mass is 507 g/mol. The van der Waals surface area contributed by atoms with Crippen molar-refractivity contribution < 1.29 is 10.2 Å². The van der Waals surface area contributed by atoms with Gasteiger partial charge in [-0.15, -0.1) is 0 Å². The van der Waals surface area contributed by atoms with E-state index in [1.807, 2.05) is 30.3 Å². The van der Waals surface area contributed by atoms with Gasteiger partial charge in [-0.25, -0.2) is 4.98 Å². The average Bonchev–Trinajstić information content (AvgIpc) is 3.19. The Morgan fingerprint density at radius 1 is 1.09 bits per heavy atom. The van der Waals surface area contributed by atoms with Crippen molar-refractivity contribution in [3.05, 3.63) is 70.8 Å². The molecular formula is C25H26BrN5O2. The number of nitrogens with zero attached hydrogens (tertiary/aromatic N) is 4. The van der Waals surface area contributed by atoms with Gasteiger partial charge in [0.05, 0.1) is 16.4 Å². The molecule has 1 saturated heterocycles. The molecule has 0 amide bonds. The van der Waals surface area contributed by atoms with Crippen LogP contribution < -0.4 is 5.32 Å². The number of nitrogens with one attached hydrogen (secondary N) is 1. The summed E-state index contributed by atoms with van der Waals surface area (Å²) in [7, 11) is 0. The van der Waals surface area contributed by atoms with E-state index in [4.69, 9.17) is 4.98 Å². The molecule has 170 valence electrons.